The molecule has 27 heavy (non-hydrogen) atoms. The second-order valence-electron chi connectivity index (χ2n) is 6.18. The van der Waals surface area contributed by atoms with Crippen LogP contribution in [0.15, 0.2) is 53.4 Å². The molecule has 0 aliphatic carbocycles. The number of hydrogen-bond donors (Lipinski definition) is 0. The standard InChI is InChI=1S/C19H20ClN3O3S/c20-17-3-5-18(6-4-17)26-14-13-22-9-11-23(12-10-22)27(24,25)19-7-1-16(15-21)2-8-19/h1-8H,9-14H2. The molecule has 0 saturated carbocycles. The zero-order chi connectivity index (χ0) is 19.3. The van der Waals surface area contributed by atoms with E-state index in [1.807, 2.05) is 18.2 Å². The Balaban J connectivity index is 1.49. The van der Waals surface area contributed by atoms with Gasteiger partial charge in [0.05, 0.1) is 16.5 Å². The van der Waals surface area contributed by atoms with E-state index in [1.165, 1.54) is 28.6 Å². The van der Waals surface area contributed by atoms with Gasteiger partial charge in [-0.2, -0.15) is 9.57 Å². The number of sulfonamides is 1. The lowest BCUT2D eigenvalue weighted by atomic mass is 10.2. The van der Waals surface area contributed by atoms with Crippen molar-refractivity contribution in [1.82, 2.24) is 9.21 Å². The van der Waals surface area contributed by atoms with Gasteiger partial charge in [0.15, 0.2) is 0 Å². The Morgan fingerprint density at radius 2 is 1.63 bits per heavy atom. The molecule has 1 aliphatic rings. The Bertz CT molecular complexity index is 901. The van der Waals surface area contributed by atoms with E-state index in [4.69, 9.17) is 21.6 Å². The first-order chi connectivity index (χ1) is 13.0. The van der Waals surface area contributed by atoms with Gasteiger partial charge >= 0.3 is 0 Å². The Morgan fingerprint density at radius 3 is 2.22 bits per heavy atom. The van der Waals surface area contributed by atoms with Crippen molar-refractivity contribution in [2.24, 2.45) is 0 Å². The summed E-state index contributed by atoms with van der Waals surface area (Å²) in [5.74, 6) is 0.765. The van der Waals surface area contributed by atoms with Crippen LogP contribution in [-0.4, -0.2) is 57.0 Å². The molecule has 0 bridgehead atoms. The Kier molecular flexibility index (Phi) is 6.34. The van der Waals surface area contributed by atoms with Crippen molar-refractivity contribution >= 4 is 21.6 Å². The topological polar surface area (TPSA) is 73.6 Å². The van der Waals surface area contributed by atoms with Crippen molar-refractivity contribution in [2.45, 2.75) is 4.90 Å². The molecule has 0 atom stereocenters. The van der Waals surface area contributed by atoms with Crippen LogP contribution in [-0.2, 0) is 10.0 Å². The normalized spacial score (nSPS) is 16.0. The summed E-state index contributed by atoms with van der Waals surface area (Å²) in [5.41, 5.74) is 0.444. The van der Waals surface area contributed by atoms with Crippen molar-refractivity contribution in [2.75, 3.05) is 39.3 Å². The molecule has 2 aromatic rings. The fourth-order valence-corrected chi connectivity index (χ4v) is 4.42. The minimum Gasteiger partial charge on any atom is -0.492 e. The van der Waals surface area contributed by atoms with Gasteiger partial charge in [0.25, 0.3) is 0 Å². The summed E-state index contributed by atoms with van der Waals surface area (Å²) >= 11 is 5.85. The van der Waals surface area contributed by atoms with E-state index >= 15 is 0 Å². The first-order valence-electron chi connectivity index (χ1n) is 8.60. The number of ether oxygens (including phenoxy) is 1. The number of halogens is 1. The molecule has 8 heteroatoms. The molecule has 142 valence electrons. The lowest BCUT2D eigenvalue weighted by molar-refractivity contribution is 0.159. The molecule has 0 amide bonds. The number of rotatable bonds is 6. The average molecular weight is 406 g/mol. The third-order valence-electron chi connectivity index (χ3n) is 4.44. The van der Waals surface area contributed by atoms with Gasteiger partial charge in [-0.1, -0.05) is 11.6 Å². The summed E-state index contributed by atoms with van der Waals surface area (Å²) in [4.78, 5) is 2.40. The van der Waals surface area contributed by atoms with Gasteiger partial charge in [0.1, 0.15) is 12.4 Å². The van der Waals surface area contributed by atoms with E-state index < -0.39 is 10.0 Å². The molecule has 0 unspecified atom stereocenters. The predicted molar refractivity (Wildman–Crippen MR) is 103 cm³/mol. The second kappa shape index (κ2) is 8.72. The van der Waals surface area contributed by atoms with E-state index in [1.54, 1.807) is 12.1 Å². The quantitative estimate of drug-likeness (QED) is 0.738. The van der Waals surface area contributed by atoms with Gasteiger partial charge in [-0.05, 0) is 48.5 Å². The fraction of sp³-hybridized carbons (Fsp3) is 0.316. The zero-order valence-electron chi connectivity index (χ0n) is 14.7. The number of nitriles is 1. The van der Waals surface area contributed by atoms with Crippen molar-refractivity contribution in [1.29, 1.82) is 5.26 Å². The third kappa shape index (κ3) is 4.99. The molecule has 0 radical (unpaired) electrons. The summed E-state index contributed by atoms with van der Waals surface area (Å²) in [6.45, 7) is 3.43. The highest BCUT2D eigenvalue weighted by Crippen LogP contribution is 2.19. The summed E-state index contributed by atoms with van der Waals surface area (Å²) in [7, 11) is -3.52. The van der Waals surface area contributed by atoms with Crippen LogP contribution in [0.2, 0.25) is 5.02 Å². The largest absolute Gasteiger partial charge is 0.492 e. The molecule has 1 heterocycles. The molecule has 3 rings (SSSR count). The van der Waals surface area contributed by atoms with Gasteiger partial charge in [-0.15, -0.1) is 0 Å². The molecule has 1 saturated heterocycles. The summed E-state index contributed by atoms with van der Waals surface area (Å²) in [6, 6.07) is 15.2. The number of hydrogen-bond acceptors (Lipinski definition) is 5. The summed E-state index contributed by atoms with van der Waals surface area (Å²) in [5, 5.41) is 9.50. The molecule has 1 aliphatic heterocycles. The number of nitrogens with zero attached hydrogens (tertiary/aromatic N) is 3. The minimum absolute atomic E-state index is 0.223. The van der Waals surface area contributed by atoms with Crippen molar-refractivity contribution < 1.29 is 13.2 Å². The zero-order valence-corrected chi connectivity index (χ0v) is 16.3. The highest BCUT2D eigenvalue weighted by Gasteiger charge is 2.28. The van der Waals surface area contributed by atoms with Gasteiger partial charge in [0.2, 0.25) is 10.0 Å². The molecule has 6 nitrogen and oxygen atoms in total. The number of piperazine rings is 1. The summed E-state index contributed by atoms with van der Waals surface area (Å²) in [6.07, 6.45) is 0. The van der Waals surface area contributed by atoms with E-state index in [0.717, 1.165) is 12.3 Å². The lowest BCUT2D eigenvalue weighted by Gasteiger charge is -2.33. The van der Waals surface area contributed by atoms with Crippen LogP contribution in [0.1, 0.15) is 5.56 Å². The fourth-order valence-electron chi connectivity index (χ4n) is 2.87. The van der Waals surface area contributed by atoms with Crippen molar-refractivity contribution in [3.63, 3.8) is 0 Å². The Labute approximate surface area is 164 Å². The minimum atomic E-state index is -3.52. The van der Waals surface area contributed by atoms with Crippen LogP contribution in [0.3, 0.4) is 0 Å². The smallest absolute Gasteiger partial charge is 0.243 e. The first-order valence-corrected chi connectivity index (χ1v) is 10.4. The maximum Gasteiger partial charge on any atom is 0.243 e. The first kappa shape index (κ1) is 19.6. The molecule has 1 fully saturated rings. The molecular weight excluding hydrogens is 386 g/mol. The van der Waals surface area contributed by atoms with Gasteiger partial charge in [0, 0.05) is 37.7 Å². The van der Waals surface area contributed by atoms with Crippen LogP contribution in [0.5, 0.6) is 5.75 Å². The monoisotopic (exact) mass is 405 g/mol. The van der Waals surface area contributed by atoms with Gasteiger partial charge in [-0.25, -0.2) is 8.42 Å². The van der Waals surface area contributed by atoms with Crippen LogP contribution < -0.4 is 4.74 Å². The van der Waals surface area contributed by atoms with E-state index in [0.29, 0.717) is 43.4 Å². The highest BCUT2D eigenvalue weighted by molar-refractivity contribution is 7.89. The van der Waals surface area contributed by atoms with Gasteiger partial charge < -0.3 is 4.74 Å². The van der Waals surface area contributed by atoms with Crippen LogP contribution in [0.25, 0.3) is 0 Å². The molecule has 0 spiro atoms. The van der Waals surface area contributed by atoms with E-state index in [2.05, 4.69) is 4.90 Å². The lowest BCUT2D eigenvalue weighted by Crippen LogP contribution is -2.49. The molecule has 0 aromatic heterocycles. The van der Waals surface area contributed by atoms with E-state index in [9.17, 15) is 8.42 Å². The van der Waals surface area contributed by atoms with Crippen LogP contribution >= 0.6 is 11.6 Å². The average Bonchev–Trinajstić information content (AvgIpc) is 2.70. The maximum absolute atomic E-state index is 12.7. The molecule has 2 aromatic carbocycles. The molecule has 0 N–H and O–H groups in total. The third-order valence-corrected chi connectivity index (χ3v) is 6.61. The van der Waals surface area contributed by atoms with Crippen molar-refractivity contribution in [3.05, 3.63) is 59.1 Å². The number of benzene rings is 2. The second-order valence-corrected chi connectivity index (χ2v) is 8.56. The predicted octanol–water partition coefficient (Wildman–Crippen LogP) is 2.60. The van der Waals surface area contributed by atoms with Crippen LogP contribution in [0.4, 0.5) is 0 Å². The van der Waals surface area contributed by atoms with Crippen LogP contribution in [0, 0.1) is 11.3 Å². The Hall–Kier alpha value is -2.11. The summed E-state index contributed by atoms with van der Waals surface area (Å²) < 4.78 is 32.6. The highest BCUT2D eigenvalue weighted by atomic mass is 35.5. The molecular formula is C19H20ClN3O3S. The van der Waals surface area contributed by atoms with Gasteiger partial charge in [-0.3, -0.25) is 4.90 Å². The Morgan fingerprint density at radius 1 is 1.00 bits per heavy atom. The van der Waals surface area contributed by atoms with E-state index in [-0.39, 0.29) is 4.90 Å². The van der Waals surface area contributed by atoms with Crippen molar-refractivity contribution in [3.8, 4) is 11.8 Å². The SMILES string of the molecule is N#Cc1ccc(S(=O)(=O)N2CCN(CCOc3ccc(Cl)cc3)CC2)cc1. The maximum atomic E-state index is 12.7.